The molecule has 2 aromatic rings. The fourth-order valence-electron chi connectivity index (χ4n) is 2.81. The molecule has 0 amide bonds. The van der Waals surface area contributed by atoms with Gasteiger partial charge in [0.25, 0.3) is 0 Å². The molecule has 3 rings (SSSR count). The van der Waals surface area contributed by atoms with E-state index in [0.717, 1.165) is 30.3 Å². The van der Waals surface area contributed by atoms with Crippen LogP contribution in [-0.4, -0.2) is 46.8 Å². The van der Waals surface area contributed by atoms with Crippen molar-refractivity contribution in [3.8, 4) is 11.3 Å². The molecule has 20 heavy (non-hydrogen) atoms. The van der Waals surface area contributed by atoms with Gasteiger partial charge in [-0.1, -0.05) is 0 Å². The Balaban J connectivity index is 1.57. The van der Waals surface area contributed by atoms with Gasteiger partial charge in [-0.05, 0) is 44.6 Å². The van der Waals surface area contributed by atoms with Crippen LogP contribution >= 0.6 is 0 Å². The average Bonchev–Trinajstić information content (AvgIpc) is 3.09. The summed E-state index contributed by atoms with van der Waals surface area (Å²) < 4.78 is 0. The maximum Gasteiger partial charge on any atom is 0.0710 e. The van der Waals surface area contributed by atoms with E-state index in [-0.39, 0.29) is 0 Å². The van der Waals surface area contributed by atoms with Crippen LogP contribution in [0.25, 0.3) is 11.3 Å². The Bertz CT molecular complexity index is 536. The molecule has 0 radical (unpaired) electrons. The van der Waals surface area contributed by atoms with Crippen LogP contribution in [0.15, 0.2) is 30.7 Å². The summed E-state index contributed by atoms with van der Waals surface area (Å²) in [7, 11) is 2.19. The molecule has 0 spiro atoms. The highest BCUT2D eigenvalue weighted by Crippen LogP contribution is 2.20. The van der Waals surface area contributed by atoms with Crippen molar-refractivity contribution in [3.05, 3.63) is 36.3 Å². The topological polar surface area (TPSA) is 56.8 Å². The lowest BCUT2D eigenvalue weighted by Crippen LogP contribution is -2.24. The van der Waals surface area contributed by atoms with Gasteiger partial charge in [0.2, 0.25) is 0 Å². The average molecular weight is 271 g/mol. The van der Waals surface area contributed by atoms with Gasteiger partial charge < -0.3 is 10.2 Å². The van der Waals surface area contributed by atoms with Crippen LogP contribution in [-0.2, 0) is 6.54 Å². The minimum atomic E-state index is 0.772. The second kappa shape index (κ2) is 6.15. The third-order valence-electron chi connectivity index (χ3n) is 3.91. The van der Waals surface area contributed by atoms with Crippen molar-refractivity contribution < 1.29 is 0 Å². The summed E-state index contributed by atoms with van der Waals surface area (Å²) in [5.74, 6) is 0.772. The molecule has 0 bridgehead atoms. The molecule has 0 aromatic carbocycles. The minimum Gasteiger partial charge on any atom is -0.312 e. The van der Waals surface area contributed by atoms with Crippen LogP contribution in [0.4, 0.5) is 0 Å². The largest absolute Gasteiger partial charge is 0.312 e. The summed E-state index contributed by atoms with van der Waals surface area (Å²) >= 11 is 0. The molecule has 2 aromatic heterocycles. The van der Waals surface area contributed by atoms with Gasteiger partial charge in [-0.25, -0.2) is 0 Å². The van der Waals surface area contributed by atoms with Crippen LogP contribution < -0.4 is 5.32 Å². The monoisotopic (exact) mass is 271 g/mol. The summed E-state index contributed by atoms with van der Waals surface area (Å²) in [4.78, 5) is 6.55. The molecule has 3 heterocycles. The predicted molar refractivity (Wildman–Crippen MR) is 79.1 cm³/mol. The van der Waals surface area contributed by atoms with Crippen molar-refractivity contribution in [1.82, 2.24) is 25.4 Å². The molecule has 5 heteroatoms. The third kappa shape index (κ3) is 3.05. The second-order valence-corrected chi connectivity index (χ2v) is 5.56. The smallest absolute Gasteiger partial charge is 0.0710 e. The Hall–Kier alpha value is -1.72. The van der Waals surface area contributed by atoms with E-state index in [1.54, 1.807) is 6.20 Å². The minimum absolute atomic E-state index is 0.772. The van der Waals surface area contributed by atoms with Gasteiger partial charge in [0.15, 0.2) is 0 Å². The number of hydrogen-bond donors (Lipinski definition) is 2. The van der Waals surface area contributed by atoms with Gasteiger partial charge in [0.1, 0.15) is 0 Å². The number of aromatic amines is 1. The SMILES string of the molecule is CN1CCC(CNCc2cn[nH]c2-c2cccnc2)C1. The van der Waals surface area contributed by atoms with Crippen molar-refractivity contribution in [2.45, 2.75) is 13.0 Å². The van der Waals surface area contributed by atoms with Crippen LogP contribution in [0.5, 0.6) is 0 Å². The summed E-state index contributed by atoms with van der Waals surface area (Å²) in [6.07, 6.45) is 6.85. The fraction of sp³-hybridized carbons (Fsp3) is 0.467. The Morgan fingerprint density at radius 2 is 2.40 bits per heavy atom. The summed E-state index contributed by atoms with van der Waals surface area (Å²) in [5, 5.41) is 10.8. The Kier molecular flexibility index (Phi) is 4.08. The summed E-state index contributed by atoms with van der Waals surface area (Å²) in [6, 6.07) is 4.00. The summed E-state index contributed by atoms with van der Waals surface area (Å²) in [5.41, 5.74) is 3.35. The molecule has 1 aliphatic heterocycles. The number of aromatic nitrogens is 3. The zero-order valence-corrected chi connectivity index (χ0v) is 11.8. The molecule has 1 atom stereocenters. The van der Waals surface area contributed by atoms with E-state index in [1.807, 2.05) is 18.5 Å². The van der Waals surface area contributed by atoms with Gasteiger partial charge in [0, 0.05) is 36.6 Å². The fourth-order valence-corrected chi connectivity index (χ4v) is 2.81. The number of hydrogen-bond acceptors (Lipinski definition) is 4. The van der Waals surface area contributed by atoms with Crippen LogP contribution in [0.2, 0.25) is 0 Å². The van der Waals surface area contributed by atoms with Gasteiger partial charge in [-0.2, -0.15) is 5.10 Å². The van der Waals surface area contributed by atoms with E-state index < -0.39 is 0 Å². The van der Waals surface area contributed by atoms with E-state index in [0.29, 0.717) is 0 Å². The Morgan fingerprint density at radius 1 is 1.45 bits per heavy atom. The molecule has 2 N–H and O–H groups in total. The van der Waals surface area contributed by atoms with Crippen LogP contribution in [0, 0.1) is 5.92 Å². The molecule has 0 aliphatic carbocycles. The molecule has 1 aliphatic rings. The normalized spacial score (nSPS) is 19.6. The molecule has 5 nitrogen and oxygen atoms in total. The zero-order valence-electron chi connectivity index (χ0n) is 11.8. The number of rotatable bonds is 5. The van der Waals surface area contributed by atoms with Crippen molar-refractivity contribution >= 4 is 0 Å². The highest BCUT2D eigenvalue weighted by molar-refractivity contribution is 5.61. The van der Waals surface area contributed by atoms with Gasteiger partial charge in [-0.3, -0.25) is 10.1 Å². The highest BCUT2D eigenvalue weighted by atomic mass is 15.1. The van der Waals surface area contributed by atoms with Gasteiger partial charge >= 0.3 is 0 Å². The first-order chi connectivity index (χ1) is 9.83. The Labute approximate surface area is 119 Å². The molecule has 1 saturated heterocycles. The number of likely N-dealkylation sites (tertiary alicyclic amines) is 1. The van der Waals surface area contributed by atoms with Crippen molar-refractivity contribution in [3.63, 3.8) is 0 Å². The second-order valence-electron chi connectivity index (χ2n) is 5.56. The lowest BCUT2D eigenvalue weighted by molar-refractivity contribution is 0.388. The summed E-state index contributed by atoms with van der Waals surface area (Å²) in [6.45, 7) is 4.34. The Morgan fingerprint density at radius 3 is 3.15 bits per heavy atom. The number of pyridine rings is 1. The quantitative estimate of drug-likeness (QED) is 0.865. The molecular weight excluding hydrogens is 250 g/mol. The lowest BCUT2D eigenvalue weighted by atomic mass is 10.1. The molecule has 1 fully saturated rings. The maximum absolute atomic E-state index is 4.16. The van der Waals surface area contributed by atoms with Crippen LogP contribution in [0.1, 0.15) is 12.0 Å². The molecule has 0 saturated carbocycles. The lowest BCUT2D eigenvalue weighted by Gasteiger charge is -2.11. The molecule has 106 valence electrons. The van der Waals surface area contributed by atoms with Crippen molar-refractivity contribution in [2.75, 3.05) is 26.7 Å². The van der Waals surface area contributed by atoms with Crippen LogP contribution in [0.3, 0.4) is 0 Å². The highest BCUT2D eigenvalue weighted by Gasteiger charge is 2.18. The van der Waals surface area contributed by atoms with E-state index >= 15 is 0 Å². The zero-order chi connectivity index (χ0) is 13.8. The van der Waals surface area contributed by atoms with Gasteiger partial charge in [-0.15, -0.1) is 0 Å². The van der Waals surface area contributed by atoms with E-state index in [4.69, 9.17) is 0 Å². The third-order valence-corrected chi connectivity index (χ3v) is 3.91. The number of nitrogens with zero attached hydrogens (tertiary/aromatic N) is 3. The van der Waals surface area contributed by atoms with Gasteiger partial charge in [0.05, 0.1) is 11.9 Å². The first-order valence-electron chi connectivity index (χ1n) is 7.15. The number of H-pyrrole nitrogens is 1. The van der Waals surface area contributed by atoms with E-state index in [2.05, 4.69) is 38.5 Å². The molecular formula is C15H21N5. The predicted octanol–water partition coefficient (Wildman–Crippen LogP) is 1.51. The van der Waals surface area contributed by atoms with E-state index in [9.17, 15) is 0 Å². The number of nitrogens with one attached hydrogen (secondary N) is 2. The van der Waals surface area contributed by atoms with Crippen molar-refractivity contribution in [2.24, 2.45) is 5.92 Å². The standard InChI is InChI=1S/C15H21N5/c1-20-6-4-12(11-20)7-17-9-14-10-18-19-15(14)13-3-2-5-16-8-13/h2-3,5,8,10,12,17H,4,6-7,9,11H2,1H3,(H,18,19). The van der Waals surface area contributed by atoms with E-state index in [1.165, 1.54) is 25.1 Å². The maximum atomic E-state index is 4.16. The molecule has 1 unspecified atom stereocenters. The first-order valence-corrected chi connectivity index (χ1v) is 7.15. The van der Waals surface area contributed by atoms with Crippen molar-refractivity contribution in [1.29, 1.82) is 0 Å². The first kappa shape index (κ1) is 13.3.